The topological polar surface area (TPSA) is 64.4 Å². The van der Waals surface area contributed by atoms with Gasteiger partial charge in [-0.3, -0.25) is 0 Å². The minimum atomic E-state index is -0.0556. The maximum atomic E-state index is 5.47. The monoisotopic (exact) mass is 111 g/mol. The third-order valence-electron chi connectivity index (χ3n) is 1.10. The maximum Gasteiger partial charge on any atom is 0.116 e. The first-order valence-corrected chi connectivity index (χ1v) is 2.54. The Kier molecular flexibility index (Phi) is 1.30. The van der Waals surface area contributed by atoms with Gasteiger partial charge in [0.1, 0.15) is 5.84 Å². The van der Waals surface area contributed by atoms with Gasteiger partial charge in [-0.05, 0) is 6.42 Å². The molecule has 4 N–H and O–H groups in total. The summed E-state index contributed by atoms with van der Waals surface area (Å²) in [5.41, 5.74) is 10.8. The van der Waals surface area contributed by atoms with Gasteiger partial charge in [0, 0.05) is 6.20 Å². The fourth-order valence-electron chi connectivity index (χ4n) is 0.563. The molecule has 1 aliphatic rings. The second kappa shape index (κ2) is 1.96. The molecule has 1 aliphatic heterocycles. The van der Waals surface area contributed by atoms with E-state index in [-0.39, 0.29) is 6.04 Å². The molecule has 0 bridgehead atoms. The van der Waals surface area contributed by atoms with E-state index < -0.39 is 0 Å². The summed E-state index contributed by atoms with van der Waals surface area (Å²) in [4.78, 5) is 3.80. The van der Waals surface area contributed by atoms with Crippen molar-refractivity contribution in [2.75, 3.05) is 0 Å². The summed E-state index contributed by atoms with van der Waals surface area (Å²) in [6.07, 6.45) is 4.40. The van der Waals surface area contributed by atoms with Crippen molar-refractivity contribution in [3.63, 3.8) is 0 Å². The highest BCUT2D eigenvalue weighted by molar-refractivity contribution is 5.86. The molecule has 0 aromatic heterocycles. The molecule has 0 fully saturated rings. The van der Waals surface area contributed by atoms with Gasteiger partial charge in [-0.1, -0.05) is 6.08 Å². The Morgan fingerprint density at radius 1 is 1.75 bits per heavy atom. The molecule has 3 heteroatoms. The molecular formula is C5H9N3. The first-order valence-electron chi connectivity index (χ1n) is 2.54. The second-order valence-corrected chi connectivity index (χ2v) is 1.78. The van der Waals surface area contributed by atoms with Crippen LogP contribution in [-0.4, -0.2) is 11.9 Å². The Morgan fingerprint density at radius 2 is 2.50 bits per heavy atom. The van der Waals surface area contributed by atoms with Crippen LogP contribution in [0.5, 0.6) is 0 Å². The molecule has 0 radical (unpaired) electrons. The van der Waals surface area contributed by atoms with Crippen molar-refractivity contribution in [2.45, 2.75) is 12.5 Å². The Bertz CT molecular complexity index is 137. The highest BCUT2D eigenvalue weighted by Gasteiger charge is 2.05. The molecule has 0 amide bonds. The van der Waals surface area contributed by atoms with E-state index in [1.807, 2.05) is 6.08 Å². The SMILES string of the molecule is NC1=NC=CCC1N. The number of hydrogen-bond acceptors (Lipinski definition) is 3. The molecule has 8 heavy (non-hydrogen) atoms. The van der Waals surface area contributed by atoms with Crippen molar-refractivity contribution < 1.29 is 0 Å². The molecule has 1 atom stereocenters. The van der Waals surface area contributed by atoms with E-state index in [0.717, 1.165) is 6.42 Å². The number of rotatable bonds is 0. The molecule has 1 heterocycles. The van der Waals surface area contributed by atoms with E-state index in [2.05, 4.69) is 4.99 Å². The van der Waals surface area contributed by atoms with Crippen LogP contribution in [0.3, 0.4) is 0 Å². The molecule has 3 nitrogen and oxygen atoms in total. The van der Waals surface area contributed by atoms with Gasteiger partial charge in [-0.15, -0.1) is 0 Å². The molecular weight excluding hydrogens is 102 g/mol. The standard InChI is InChI=1S/C5H9N3/c6-4-2-1-3-8-5(4)7/h1,3-4H,2,6H2,(H2,7,8). The fourth-order valence-corrected chi connectivity index (χ4v) is 0.563. The van der Waals surface area contributed by atoms with Crippen LogP contribution in [0.15, 0.2) is 17.3 Å². The van der Waals surface area contributed by atoms with Crippen LogP contribution in [0.2, 0.25) is 0 Å². The average Bonchev–Trinajstić information content (AvgIpc) is 1.77. The Balaban J connectivity index is 2.66. The first kappa shape index (κ1) is 5.31. The van der Waals surface area contributed by atoms with Crippen molar-refractivity contribution in [1.82, 2.24) is 0 Å². The quantitative estimate of drug-likeness (QED) is 0.446. The van der Waals surface area contributed by atoms with Gasteiger partial charge in [0.2, 0.25) is 0 Å². The number of amidine groups is 1. The van der Waals surface area contributed by atoms with E-state index in [0.29, 0.717) is 5.84 Å². The van der Waals surface area contributed by atoms with Gasteiger partial charge in [0.25, 0.3) is 0 Å². The lowest BCUT2D eigenvalue weighted by Crippen LogP contribution is -2.37. The van der Waals surface area contributed by atoms with Crippen LogP contribution in [0, 0.1) is 0 Å². The van der Waals surface area contributed by atoms with Crippen LogP contribution in [0.4, 0.5) is 0 Å². The molecule has 0 saturated carbocycles. The molecule has 1 unspecified atom stereocenters. The summed E-state index contributed by atoms with van der Waals surface area (Å²) in [6, 6.07) is -0.0556. The van der Waals surface area contributed by atoms with Crippen LogP contribution in [-0.2, 0) is 0 Å². The molecule has 0 aliphatic carbocycles. The molecule has 0 spiro atoms. The second-order valence-electron chi connectivity index (χ2n) is 1.78. The van der Waals surface area contributed by atoms with Gasteiger partial charge in [0.15, 0.2) is 0 Å². The zero-order valence-corrected chi connectivity index (χ0v) is 4.54. The maximum absolute atomic E-state index is 5.47. The largest absolute Gasteiger partial charge is 0.386 e. The lowest BCUT2D eigenvalue weighted by molar-refractivity contribution is 0.851. The zero-order chi connectivity index (χ0) is 5.98. The van der Waals surface area contributed by atoms with E-state index in [4.69, 9.17) is 11.5 Å². The van der Waals surface area contributed by atoms with Gasteiger partial charge in [0.05, 0.1) is 6.04 Å². The Hall–Kier alpha value is -0.830. The van der Waals surface area contributed by atoms with Crippen molar-refractivity contribution in [3.05, 3.63) is 12.3 Å². The van der Waals surface area contributed by atoms with Crippen molar-refractivity contribution in [2.24, 2.45) is 16.5 Å². The molecule has 0 saturated heterocycles. The summed E-state index contributed by atoms with van der Waals surface area (Å²) >= 11 is 0. The number of nitrogens with zero attached hydrogens (tertiary/aromatic N) is 1. The van der Waals surface area contributed by atoms with Gasteiger partial charge in [-0.2, -0.15) is 0 Å². The Morgan fingerprint density at radius 3 is 2.88 bits per heavy atom. The first-order chi connectivity index (χ1) is 3.80. The van der Waals surface area contributed by atoms with Crippen molar-refractivity contribution in [1.29, 1.82) is 0 Å². The smallest absolute Gasteiger partial charge is 0.116 e. The summed E-state index contributed by atoms with van der Waals surface area (Å²) in [5, 5.41) is 0. The lowest BCUT2D eigenvalue weighted by atomic mass is 10.2. The summed E-state index contributed by atoms with van der Waals surface area (Å²) < 4.78 is 0. The van der Waals surface area contributed by atoms with Crippen molar-refractivity contribution in [3.8, 4) is 0 Å². The normalized spacial score (nSPS) is 27.6. The Labute approximate surface area is 48.1 Å². The van der Waals surface area contributed by atoms with Crippen LogP contribution in [0.25, 0.3) is 0 Å². The summed E-state index contributed by atoms with van der Waals surface area (Å²) in [7, 11) is 0. The number of hydrogen-bond donors (Lipinski definition) is 2. The van der Waals surface area contributed by atoms with E-state index >= 15 is 0 Å². The summed E-state index contributed by atoms with van der Waals surface area (Å²) in [5.74, 6) is 0.535. The molecule has 44 valence electrons. The minimum absolute atomic E-state index is 0.0556. The lowest BCUT2D eigenvalue weighted by Gasteiger charge is -2.09. The van der Waals surface area contributed by atoms with Gasteiger partial charge >= 0.3 is 0 Å². The van der Waals surface area contributed by atoms with E-state index in [9.17, 15) is 0 Å². The van der Waals surface area contributed by atoms with Crippen LogP contribution < -0.4 is 11.5 Å². The highest BCUT2D eigenvalue weighted by Crippen LogP contribution is 1.96. The fraction of sp³-hybridized carbons (Fsp3) is 0.400. The third-order valence-corrected chi connectivity index (χ3v) is 1.10. The van der Waals surface area contributed by atoms with Gasteiger partial charge < -0.3 is 11.5 Å². The van der Waals surface area contributed by atoms with E-state index in [1.54, 1.807) is 6.20 Å². The van der Waals surface area contributed by atoms with Gasteiger partial charge in [-0.25, -0.2) is 4.99 Å². The molecule has 1 rings (SSSR count). The highest BCUT2D eigenvalue weighted by atomic mass is 14.9. The van der Waals surface area contributed by atoms with E-state index in [1.165, 1.54) is 0 Å². The third kappa shape index (κ3) is 0.869. The number of nitrogens with two attached hydrogens (primary N) is 2. The number of aliphatic imine (C=N–C) groups is 1. The van der Waals surface area contributed by atoms with Crippen molar-refractivity contribution >= 4 is 5.84 Å². The van der Waals surface area contributed by atoms with Crippen LogP contribution in [0.1, 0.15) is 6.42 Å². The predicted octanol–water partition coefficient (Wildman–Crippen LogP) is -0.412. The zero-order valence-electron chi connectivity index (χ0n) is 4.54. The minimum Gasteiger partial charge on any atom is -0.386 e. The van der Waals surface area contributed by atoms with Crippen LogP contribution >= 0.6 is 0 Å². The molecule has 0 aromatic rings. The predicted molar refractivity (Wildman–Crippen MR) is 33.4 cm³/mol. The average molecular weight is 111 g/mol. The molecule has 0 aromatic carbocycles. The summed E-state index contributed by atoms with van der Waals surface area (Å²) in [6.45, 7) is 0.